The molecular formula is C23H30FN3O2. The van der Waals surface area contributed by atoms with Crippen molar-refractivity contribution >= 4 is 17.4 Å². The summed E-state index contributed by atoms with van der Waals surface area (Å²) in [5, 5.41) is 6.36. The van der Waals surface area contributed by atoms with Crippen molar-refractivity contribution in [1.82, 2.24) is 9.91 Å². The number of halogens is 1. The third-order valence-corrected chi connectivity index (χ3v) is 6.72. The van der Waals surface area contributed by atoms with Crippen molar-refractivity contribution in [2.24, 2.45) is 22.9 Å². The molecule has 3 aliphatic rings. The Morgan fingerprint density at radius 2 is 1.86 bits per heavy atom. The van der Waals surface area contributed by atoms with Gasteiger partial charge < -0.3 is 4.90 Å². The van der Waals surface area contributed by atoms with Crippen LogP contribution in [0, 0.1) is 23.6 Å². The van der Waals surface area contributed by atoms with Gasteiger partial charge in [-0.1, -0.05) is 6.92 Å². The van der Waals surface area contributed by atoms with Gasteiger partial charge in [-0.25, -0.2) is 9.40 Å². The Labute approximate surface area is 171 Å². The Kier molecular flexibility index (Phi) is 6.09. The van der Waals surface area contributed by atoms with E-state index in [1.54, 1.807) is 17.1 Å². The van der Waals surface area contributed by atoms with Crippen molar-refractivity contribution in [3.05, 3.63) is 35.6 Å². The lowest BCUT2D eigenvalue weighted by atomic mass is 9.78. The Morgan fingerprint density at radius 3 is 2.59 bits per heavy atom. The highest BCUT2D eigenvalue weighted by molar-refractivity contribution is 5.98. The van der Waals surface area contributed by atoms with Crippen LogP contribution >= 0.6 is 0 Å². The highest BCUT2D eigenvalue weighted by atomic mass is 19.1. The summed E-state index contributed by atoms with van der Waals surface area (Å²) in [6.45, 7) is 5.37. The molecule has 0 bridgehead atoms. The van der Waals surface area contributed by atoms with Gasteiger partial charge in [-0.05, 0) is 75.4 Å². The van der Waals surface area contributed by atoms with Crippen molar-refractivity contribution in [2.75, 3.05) is 26.2 Å². The monoisotopic (exact) mass is 399 g/mol. The maximum absolute atomic E-state index is 13.1. The maximum atomic E-state index is 13.1. The third-order valence-electron chi connectivity index (χ3n) is 6.72. The SMILES string of the molecule is CC1CCC2=NN(CCN3CCC(C(=O)c4ccc(F)cc4)CC3)C(=O)CC2C1. The molecule has 1 saturated carbocycles. The summed E-state index contributed by atoms with van der Waals surface area (Å²) in [5.41, 5.74) is 1.81. The van der Waals surface area contributed by atoms with E-state index in [9.17, 15) is 14.0 Å². The summed E-state index contributed by atoms with van der Waals surface area (Å²) < 4.78 is 13.1. The highest BCUT2D eigenvalue weighted by Crippen LogP contribution is 2.32. The second-order valence-corrected chi connectivity index (χ2v) is 8.88. The zero-order chi connectivity index (χ0) is 20.4. The number of carbonyl (C=O) groups is 2. The third kappa shape index (κ3) is 4.74. The van der Waals surface area contributed by atoms with Crippen molar-refractivity contribution in [3.8, 4) is 0 Å². The zero-order valence-corrected chi connectivity index (χ0v) is 17.1. The molecule has 2 fully saturated rings. The number of benzene rings is 1. The number of hydrogen-bond acceptors (Lipinski definition) is 4. The normalized spacial score (nSPS) is 26.2. The van der Waals surface area contributed by atoms with Crippen LogP contribution in [-0.4, -0.2) is 53.5 Å². The van der Waals surface area contributed by atoms with E-state index in [1.807, 2.05) is 0 Å². The maximum Gasteiger partial charge on any atom is 0.243 e. The fourth-order valence-corrected chi connectivity index (χ4v) is 4.88. The van der Waals surface area contributed by atoms with Crippen LogP contribution in [0.25, 0.3) is 0 Å². The van der Waals surface area contributed by atoms with E-state index in [0.717, 1.165) is 45.3 Å². The largest absolute Gasteiger partial charge is 0.301 e. The van der Waals surface area contributed by atoms with Gasteiger partial charge in [0.15, 0.2) is 5.78 Å². The molecule has 0 radical (unpaired) electrons. The molecule has 5 nitrogen and oxygen atoms in total. The van der Waals surface area contributed by atoms with Gasteiger partial charge in [0.1, 0.15) is 5.82 Å². The number of carbonyl (C=O) groups excluding carboxylic acids is 2. The summed E-state index contributed by atoms with van der Waals surface area (Å²) in [5.74, 6) is 0.988. The smallest absolute Gasteiger partial charge is 0.243 e. The number of hydrogen-bond donors (Lipinski definition) is 0. The van der Waals surface area contributed by atoms with Gasteiger partial charge in [0, 0.05) is 36.1 Å². The molecule has 2 aliphatic heterocycles. The number of ketones is 1. The standard InChI is InChI=1S/C23H30FN3O2/c1-16-2-7-21-19(14-16)15-22(28)27(25-21)13-12-26-10-8-18(9-11-26)23(29)17-3-5-20(24)6-4-17/h3-6,16,18-19H,2,7-15H2,1H3. The zero-order valence-electron chi connectivity index (χ0n) is 17.1. The van der Waals surface area contributed by atoms with Gasteiger partial charge in [0.2, 0.25) is 5.91 Å². The molecule has 2 unspecified atom stereocenters. The molecule has 156 valence electrons. The molecule has 1 aliphatic carbocycles. The molecule has 2 atom stereocenters. The van der Waals surface area contributed by atoms with Gasteiger partial charge in [0.05, 0.1) is 6.54 Å². The Balaban J connectivity index is 1.26. The molecule has 1 amide bonds. The van der Waals surface area contributed by atoms with Crippen LogP contribution in [0.15, 0.2) is 29.4 Å². The average molecular weight is 400 g/mol. The minimum Gasteiger partial charge on any atom is -0.301 e. The molecular weight excluding hydrogens is 369 g/mol. The predicted octanol–water partition coefficient (Wildman–Crippen LogP) is 3.74. The minimum absolute atomic E-state index is 0.00133. The van der Waals surface area contributed by atoms with Crippen LogP contribution in [0.4, 0.5) is 4.39 Å². The van der Waals surface area contributed by atoms with Crippen LogP contribution in [0.1, 0.15) is 55.8 Å². The fourth-order valence-electron chi connectivity index (χ4n) is 4.88. The number of piperidine rings is 1. The van der Waals surface area contributed by atoms with Crippen LogP contribution < -0.4 is 0 Å². The van der Waals surface area contributed by atoms with Crippen molar-refractivity contribution in [3.63, 3.8) is 0 Å². The van der Waals surface area contributed by atoms with E-state index in [-0.39, 0.29) is 23.4 Å². The number of hydrazone groups is 1. The lowest BCUT2D eigenvalue weighted by Gasteiger charge is -2.36. The van der Waals surface area contributed by atoms with E-state index >= 15 is 0 Å². The van der Waals surface area contributed by atoms with Crippen molar-refractivity contribution < 1.29 is 14.0 Å². The molecule has 0 aromatic heterocycles. The van der Waals surface area contributed by atoms with E-state index < -0.39 is 0 Å². The topological polar surface area (TPSA) is 53.0 Å². The summed E-state index contributed by atoms with van der Waals surface area (Å²) in [6, 6.07) is 5.84. The van der Waals surface area contributed by atoms with E-state index in [4.69, 9.17) is 0 Å². The van der Waals surface area contributed by atoms with Gasteiger partial charge >= 0.3 is 0 Å². The van der Waals surface area contributed by atoms with Crippen LogP contribution in [0.5, 0.6) is 0 Å². The Hall–Kier alpha value is -2.08. The first-order valence-electron chi connectivity index (χ1n) is 10.9. The first kappa shape index (κ1) is 20.2. The molecule has 6 heteroatoms. The van der Waals surface area contributed by atoms with Crippen LogP contribution in [0.2, 0.25) is 0 Å². The number of rotatable bonds is 5. The first-order chi connectivity index (χ1) is 14.0. The molecule has 29 heavy (non-hydrogen) atoms. The number of fused-ring (bicyclic) bond motifs is 1. The molecule has 0 N–H and O–H groups in total. The molecule has 4 rings (SSSR count). The number of amides is 1. The quantitative estimate of drug-likeness (QED) is 0.709. The Morgan fingerprint density at radius 1 is 1.14 bits per heavy atom. The second kappa shape index (κ2) is 8.74. The van der Waals surface area contributed by atoms with Gasteiger partial charge in [-0.3, -0.25) is 9.59 Å². The summed E-state index contributed by atoms with van der Waals surface area (Å²) >= 11 is 0. The lowest BCUT2D eigenvalue weighted by molar-refractivity contribution is -0.133. The summed E-state index contributed by atoms with van der Waals surface area (Å²) in [7, 11) is 0. The van der Waals surface area contributed by atoms with E-state index in [0.29, 0.717) is 30.4 Å². The van der Waals surface area contributed by atoms with Crippen LogP contribution in [-0.2, 0) is 4.79 Å². The lowest BCUT2D eigenvalue weighted by Crippen LogP contribution is -2.44. The minimum atomic E-state index is -0.318. The predicted molar refractivity (Wildman–Crippen MR) is 110 cm³/mol. The molecule has 1 aromatic carbocycles. The summed E-state index contributed by atoms with van der Waals surface area (Å²) in [4.78, 5) is 27.4. The molecule has 0 spiro atoms. The average Bonchev–Trinajstić information content (AvgIpc) is 2.73. The van der Waals surface area contributed by atoms with Crippen molar-refractivity contribution in [1.29, 1.82) is 0 Å². The second-order valence-electron chi connectivity index (χ2n) is 8.88. The molecule has 1 saturated heterocycles. The number of Topliss-reactive ketones (excluding diaryl/α,β-unsaturated/α-hetero) is 1. The fraction of sp³-hybridized carbons (Fsp3) is 0.609. The van der Waals surface area contributed by atoms with Crippen molar-refractivity contribution in [2.45, 2.75) is 45.4 Å². The first-order valence-corrected chi connectivity index (χ1v) is 10.9. The number of likely N-dealkylation sites (tertiary alicyclic amines) is 1. The summed E-state index contributed by atoms with van der Waals surface area (Å²) in [6.07, 6.45) is 5.50. The molecule has 2 heterocycles. The Bertz CT molecular complexity index is 784. The highest BCUT2D eigenvalue weighted by Gasteiger charge is 2.33. The number of nitrogens with zero attached hydrogens (tertiary/aromatic N) is 3. The van der Waals surface area contributed by atoms with Crippen LogP contribution in [0.3, 0.4) is 0 Å². The van der Waals surface area contributed by atoms with Gasteiger partial charge in [0.25, 0.3) is 0 Å². The van der Waals surface area contributed by atoms with E-state index in [2.05, 4.69) is 16.9 Å². The molecule has 1 aromatic rings. The van der Waals surface area contributed by atoms with E-state index in [1.165, 1.54) is 24.3 Å². The van der Waals surface area contributed by atoms with Gasteiger partial charge in [-0.2, -0.15) is 5.10 Å². The van der Waals surface area contributed by atoms with Gasteiger partial charge in [-0.15, -0.1) is 0 Å².